The van der Waals surface area contributed by atoms with Crippen LogP contribution in [0.4, 0.5) is 5.69 Å². The first kappa shape index (κ1) is 14.7. The number of hydrogen-bond acceptors (Lipinski definition) is 2. The van der Waals surface area contributed by atoms with Crippen LogP contribution in [0.15, 0.2) is 18.2 Å². The summed E-state index contributed by atoms with van der Waals surface area (Å²) in [5.41, 5.74) is 2.55. The Balaban J connectivity index is 2.08. The van der Waals surface area contributed by atoms with Gasteiger partial charge >= 0.3 is 0 Å². The maximum absolute atomic E-state index is 6.34. The lowest BCUT2D eigenvalue weighted by Gasteiger charge is -2.35. The Morgan fingerprint density at radius 2 is 2.05 bits per heavy atom. The maximum Gasteiger partial charge on any atom is 0.0471 e. The number of halogens is 1. The Bertz CT molecular complexity index is 398. The van der Waals surface area contributed by atoms with E-state index >= 15 is 0 Å². The highest BCUT2D eigenvalue weighted by Gasteiger charge is 2.21. The molecule has 1 saturated heterocycles. The van der Waals surface area contributed by atoms with Crippen molar-refractivity contribution in [2.24, 2.45) is 5.92 Å². The average molecular weight is 281 g/mol. The summed E-state index contributed by atoms with van der Waals surface area (Å²) in [5.74, 6) is 0.924. The molecule has 106 valence electrons. The first-order valence-corrected chi connectivity index (χ1v) is 7.81. The molecule has 1 aromatic rings. The number of piperidine rings is 1. The molecule has 1 aromatic carbocycles. The molecule has 1 aliphatic heterocycles. The van der Waals surface area contributed by atoms with Crippen molar-refractivity contribution in [1.29, 1.82) is 0 Å². The Kier molecular flexibility index (Phi) is 5.53. The molecule has 0 atom stereocenters. The van der Waals surface area contributed by atoms with Crippen LogP contribution in [-0.2, 0) is 6.54 Å². The van der Waals surface area contributed by atoms with Crippen molar-refractivity contribution in [3.8, 4) is 0 Å². The van der Waals surface area contributed by atoms with Gasteiger partial charge in [-0.25, -0.2) is 0 Å². The summed E-state index contributed by atoms with van der Waals surface area (Å²) in [4.78, 5) is 2.50. The van der Waals surface area contributed by atoms with Crippen LogP contribution in [0, 0.1) is 5.92 Å². The zero-order valence-electron chi connectivity index (χ0n) is 12.1. The Labute approximate surface area is 122 Å². The lowest BCUT2D eigenvalue weighted by atomic mass is 9.92. The van der Waals surface area contributed by atoms with Crippen molar-refractivity contribution in [2.75, 3.05) is 25.0 Å². The maximum atomic E-state index is 6.34. The molecular formula is C16H25ClN2. The predicted octanol–water partition coefficient (Wildman–Crippen LogP) is 4.08. The number of benzene rings is 1. The second-order valence-electron chi connectivity index (χ2n) is 5.49. The molecule has 3 heteroatoms. The smallest absolute Gasteiger partial charge is 0.0471 e. The number of rotatable bonds is 5. The van der Waals surface area contributed by atoms with Crippen LogP contribution >= 0.6 is 11.6 Å². The molecule has 1 aliphatic rings. The van der Waals surface area contributed by atoms with Crippen molar-refractivity contribution in [3.05, 3.63) is 28.8 Å². The van der Waals surface area contributed by atoms with Gasteiger partial charge in [-0.05, 0) is 37.9 Å². The molecule has 0 radical (unpaired) electrons. The molecule has 1 N–H and O–H groups in total. The van der Waals surface area contributed by atoms with E-state index in [1.54, 1.807) is 0 Å². The zero-order valence-corrected chi connectivity index (χ0v) is 12.8. The summed E-state index contributed by atoms with van der Waals surface area (Å²) in [6.45, 7) is 5.46. The van der Waals surface area contributed by atoms with Crippen molar-refractivity contribution in [1.82, 2.24) is 5.32 Å². The third-order valence-corrected chi connectivity index (χ3v) is 4.45. The molecule has 0 amide bonds. The van der Waals surface area contributed by atoms with E-state index in [9.17, 15) is 0 Å². The second kappa shape index (κ2) is 7.16. The normalized spacial score (nSPS) is 16.9. The van der Waals surface area contributed by atoms with E-state index in [1.807, 2.05) is 13.1 Å². The first-order valence-electron chi connectivity index (χ1n) is 7.43. The minimum absolute atomic E-state index is 0.837. The first-order chi connectivity index (χ1) is 9.26. The standard InChI is InChI=1S/C16H25ClN2/c1-3-5-13-8-10-19(11-9-13)16-7-4-6-15(17)14(16)12-18-2/h4,6-7,13,18H,3,5,8-12H2,1-2H3. The van der Waals surface area contributed by atoms with E-state index in [1.165, 1.54) is 50.0 Å². The third-order valence-electron chi connectivity index (χ3n) is 4.10. The summed E-state index contributed by atoms with van der Waals surface area (Å²) in [7, 11) is 1.97. The van der Waals surface area contributed by atoms with E-state index in [0.29, 0.717) is 0 Å². The van der Waals surface area contributed by atoms with Gasteiger partial charge in [0.25, 0.3) is 0 Å². The molecule has 0 spiro atoms. The number of hydrogen-bond donors (Lipinski definition) is 1. The van der Waals surface area contributed by atoms with E-state index in [4.69, 9.17) is 11.6 Å². The quantitative estimate of drug-likeness (QED) is 0.874. The van der Waals surface area contributed by atoms with Crippen LogP contribution in [0.1, 0.15) is 38.2 Å². The average Bonchev–Trinajstić information content (AvgIpc) is 2.43. The minimum Gasteiger partial charge on any atom is -0.371 e. The summed E-state index contributed by atoms with van der Waals surface area (Å²) in [6, 6.07) is 6.26. The number of anilines is 1. The van der Waals surface area contributed by atoms with Gasteiger partial charge in [0.05, 0.1) is 0 Å². The zero-order chi connectivity index (χ0) is 13.7. The minimum atomic E-state index is 0.837. The lowest BCUT2D eigenvalue weighted by molar-refractivity contribution is 0.378. The molecular weight excluding hydrogens is 256 g/mol. The highest BCUT2D eigenvalue weighted by atomic mass is 35.5. The predicted molar refractivity (Wildman–Crippen MR) is 84.1 cm³/mol. The van der Waals surface area contributed by atoms with E-state index in [-0.39, 0.29) is 0 Å². The molecule has 0 saturated carbocycles. The molecule has 0 aliphatic carbocycles. The van der Waals surface area contributed by atoms with Gasteiger partial charge in [0, 0.05) is 35.9 Å². The summed E-state index contributed by atoms with van der Waals surface area (Å²) < 4.78 is 0. The van der Waals surface area contributed by atoms with Crippen LogP contribution in [0.25, 0.3) is 0 Å². The van der Waals surface area contributed by atoms with E-state index < -0.39 is 0 Å². The summed E-state index contributed by atoms with van der Waals surface area (Å²) in [6.07, 6.45) is 5.33. The Hall–Kier alpha value is -0.730. The van der Waals surface area contributed by atoms with E-state index in [0.717, 1.165) is 17.5 Å². The Morgan fingerprint density at radius 3 is 2.68 bits per heavy atom. The van der Waals surface area contributed by atoms with Crippen LogP contribution < -0.4 is 10.2 Å². The summed E-state index contributed by atoms with van der Waals surface area (Å²) in [5, 5.41) is 4.10. The SMILES string of the molecule is CCCC1CCN(c2cccc(Cl)c2CNC)CC1. The van der Waals surface area contributed by atoms with Gasteiger partial charge in [-0.2, -0.15) is 0 Å². The largest absolute Gasteiger partial charge is 0.371 e. The molecule has 1 heterocycles. The summed E-state index contributed by atoms with van der Waals surface area (Å²) >= 11 is 6.34. The van der Waals surface area contributed by atoms with Crippen molar-refractivity contribution < 1.29 is 0 Å². The fourth-order valence-electron chi connectivity index (χ4n) is 3.07. The fraction of sp³-hybridized carbons (Fsp3) is 0.625. The molecule has 1 fully saturated rings. The monoisotopic (exact) mass is 280 g/mol. The van der Waals surface area contributed by atoms with Crippen LogP contribution in [0.2, 0.25) is 5.02 Å². The van der Waals surface area contributed by atoms with Crippen molar-refractivity contribution in [3.63, 3.8) is 0 Å². The molecule has 2 rings (SSSR count). The molecule has 0 bridgehead atoms. The highest BCUT2D eigenvalue weighted by molar-refractivity contribution is 6.31. The highest BCUT2D eigenvalue weighted by Crippen LogP contribution is 2.31. The van der Waals surface area contributed by atoms with Gasteiger partial charge in [0.15, 0.2) is 0 Å². The van der Waals surface area contributed by atoms with Gasteiger partial charge in [-0.15, -0.1) is 0 Å². The number of nitrogens with one attached hydrogen (secondary N) is 1. The molecule has 2 nitrogen and oxygen atoms in total. The van der Waals surface area contributed by atoms with Gasteiger partial charge < -0.3 is 10.2 Å². The van der Waals surface area contributed by atoms with E-state index in [2.05, 4.69) is 29.3 Å². The Morgan fingerprint density at radius 1 is 1.32 bits per heavy atom. The van der Waals surface area contributed by atoms with Crippen molar-refractivity contribution >= 4 is 17.3 Å². The van der Waals surface area contributed by atoms with Crippen LogP contribution in [-0.4, -0.2) is 20.1 Å². The van der Waals surface area contributed by atoms with Crippen LogP contribution in [0.5, 0.6) is 0 Å². The van der Waals surface area contributed by atoms with Gasteiger partial charge in [0.2, 0.25) is 0 Å². The molecule has 0 unspecified atom stereocenters. The lowest BCUT2D eigenvalue weighted by Crippen LogP contribution is -2.34. The second-order valence-corrected chi connectivity index (χ2v) is 5.89. The van der Waals surface area contributed by atoms with Gasteiger partial charge in [-0.1, -0.05) is 37.4 Å². The molecule has 0 aromatic heterocycles. The van der Waals surface area contributed by atoms with Crippen molar-refractivity contribution in [2.45, 2.75) is 39.2 Å². The van der Waals surface area contributed by atoms with Gasteiger partial charge in [-0.3, -0.25) is 0 Å². The molecule has 19 heavy (non-hydrogen) atoms. The topological polar surface area (TPSA) is 15.3 Å². The van der Waals surface area contributed by atoms with Gasteiger partial charge in [0.1, 0.15) is 0 Å². The number of nitrogens with zero attached hydrogens (tertiary/aromatic N) is 1. The van der Waals surface area contributed by atoms with Crippen LogP contribution in [0.3, 0.4) is 0 Å². The third kappa shape index (κ3) is 3.64. The fourth-order valence-corrected chi connectivity index (χ4v) is 3.30.